The summed E-state index contributed by atoms with van der Waals surface area (Å²) >= 11 is 11.8. The van der Waals surface area contributed by atoms with E-state index in [-0.39, 0.29) is 11.9 Å². The zero-order valence-electron chi connectivity index (χ0n) is 13.1. The second kappa shape index (κ2) is 8.71. The third-order valence-corrected chi connectivity index (χ3v) is 4.04. The van der Waals surface area contributed by atoms with E-state index in [4.69, 9.17) is 27.9 Å². The van der Waals surface area contributed by atoms with Crippen molar-refractivity contribution in [2.75, 3.05) is 11.9 Å². The van der Waals surface area contributed by atoms with E-state index in [0.29, 0.717) is 40.7 Å². The molecule has 1 amide bonds. The highest BCUT2D eigenvalue weighted by atomic mass is 35.5. The molecule has 4 nitrogen and oxygen atoms in total. The Labute approximate surface area is 150 Å². The van der Waals surface area contributed by atoms with Gasteiger partial charge in [-0.1, -0.05) is 29.3 Å². The lowest BCUT2D eigenvalue weighted by molar-refractivity contribution is -0.116. The number of carbonyl (C=O) groups is 2. The maximum Gasteiger partial charge on any atom is 0.338 e. The number of benzene rings is 2. The Morgan fingerprint density at radius 1 is 1.04 bits per heavy atom. The van der Waals surface area contributed by atoms with Crippen LogP contribution in [0, 0.1) is 0 Å². The van der Waals surface area contributed by atoms with Crippen LogP contribution < -0.4 is 5.32 Å². The Hall–Kier alpha value is -2.04. The molecule has 0 saturated carbocycles. The molecule has 0 bridgehead atoms. The molecule has 0 fully saturated rings. The van der Waals surface area contributed by atoms with E-state index >= 15 is 0 Å². The molecule has 2 aromatic carbocycles. The minimum Gasteiger partial charge on any atom is -0.462 e. The number of carbonyl (C=O) groups excluding carboxylic acids is 2. The van der Waals surface area contributed by atoms with Gasteiger partial charge in [0, 0.05) is 12.1 Å². The average molecular weight is 366 g/mol. The van der Waals surface area contributed by atoms with Gasteiger partial charge in [0.2, 0.25) is 5.91 Å². The van der Waals surface area contributed by atoms with E-state index in [0.717, 1.165) is 5.56 Å². The summed E-state index contributed by atoms with van der Waals surface area (Å²) in [6, 6.07) is 11.9. The molecule has 2 aromatic rings. The number of rotatable bonds is 6. The number of aryl methyl sites for hydroxylation is 1. The number of nitrogens with one attached hydrogen (secondary N) is 1. The van der Waals surface area contributed by atoms with Gasteiger partial charge >= 0.3 is 5.97 Å². The van der Waals surface area contributed by atoms with Crippen LogP contribution in [-0.2, 0) is 16.0 Å². The van der Waals surface area contributed by atoms with E-state index in [1.165, 1.54) is 0 Å². The first-order chi connectivity index (χ1) is 11.5. The van der Waals surface area contributed by atoms with Crippen molar-refractivity contribution in [1.29, 1.82) is 0 Å². The molecule has 0 atom stereocenters. The largest absolute Gasteiger partial charge is 0.462 e. The van der Waals surface area contributed by atoms with Crippen LogP contribution in [0.5, 0.6) is 0 Å². The lowest BCUT2D eigenvalue weighted by Gasteiger charge is -2.07. The summed E-state index contributed by atoms with van der Waals surface area (Å²) in [6.45, 7) is 2.08. The fraction of sp³-hybridized carbons (Fsp3) is 0.222. The van der Waals surface area contributed by atoms with Crippen LogP contribution in [0.4, 0.5) is 5.69 Å². The number of amides is 1. The van der Waals surface area contributed by atoms with Gasteiger partial charge in [-0.25, -0.2) is 4.79 Å². The molecule has 0 aliphatic rings. The van der Waals surface area contributed by atoms with Crippen molar-refractivity contribution in [2.45, 2.75) is 19.8 Å². The van der Waals surface area contributed by atoms with Crippen LogP contribution in [0.1, 0.15) is 29.3 Å². The van der Waals surface area contributed by atoms with E-state index in [9.17, 15) is 9.59 Å². The first-order valence-electron chi connectivity index (χ1n) is 7.50. The van der Waals surface area contributed by atoms with Gasteiger partial charge in [-0.05, 0) is 55.3 Å². The van der Waals surface area contributed by atoms with Crippen molar-refractivity contribution < 1.29 is 14.3 Å². The number of anilines is 1. The van der Waals surface area contributed by atoms with Crippen LogP contribution in [0.2, 0.25) is 10.0 Å². The first-order valence-corrected chi connectivity index (χ1v) is 8.26. The molecule has 0 saturated heterocycles. The van der Waals surface area contributed by atoms with Crippen LogP contribution in [0.3, 0.4) is 0 Å². The molecule has 6 heteroatoms. The summed E-state index contributed by atoms with van der Waals surface area (Å²) in [7, 11) is 0. The quantitative estimate of drug-likeness (QED) is 0.752. The zero-order chi connectivity index (χ0) is 17.5. The summed E-state index contributed by atoms with van der Waals surface area (Å²) in [6.07, 6.45) is 0.876. The highest BCUT2D eigenvalue weighted by molar-refractivity contribution is 6.42. The first kappa shape index (κ1) is 18.3. The van der Waals surface area contributed by atoms with Crippen molar-refractivity contribution >= 4 is 40.8 Å². The van der Waals surface area contributed by atoms with Gasteiger partial charge in [-0.2, -0.15) is 0 Å². The van der Waals surface area contributed by atoms with Gasteiger partial charge in [-0.3, -0.25) is 4.79 Å². The summed E-state index contributed by atoms with van der Waals surface area (Å²) in [5, 5.41) is 3.75. The van der Waals surface area contributed by atoms with Crippen molar-refractivity contribution in [3.05, 3.63) is 63.6 Å². The molecular formula is C18H17Cl2NO3. The molecule has 0 aromatic heterocycles. The van der Waals surface area contributed by atoms with Gasteiger partial charge in [0.05, 0.1) is 22.2 Å². The standard InChI is InChI=1S/C18H17Cl2NO3/c1-2-24-18(23)13-5-7-14(8-6-13)21-17(22)10-4-12-3-9-15(19)16(20)11-12/h3,5-9,11H,2,4,10H2,1H3,(H,21,22). The second-order valence-electron chi connectivity index (χ2n) is 5.09. The smallest absolute Gasteiger partial charge is 0.338 e. The number of esters is 1. The van der Waals surface area contributed by atoms with Gasteiger partial charge < -0.3 is 10.1 Å². The van der Waals surface area contributed by atoms with Gasteiger partial charge in [0.15, 0.2) is 0 Å². The summed E-state index contributed by atoms with van der Waals surface area (Å²) in [4.78, 5) is 23.6. The normalized spacial score (nSPS) is 10.3. The van der Waals surface area contributed by atoms with E-state index in [1.807, 2.05) is 6.07 Å². The van der Waals surface area contributed by atoms with Gasteiger partial charge in [0.25, 0.3) is 0 Å². The topological polar surface area (TPSA) is 55.4 Å². The number of ether oxygens (including phenoxy) is 1. The van der Waals surface area contributed by atoms with Crippen molar-refractivity contribution in [3.63, 3.8) is 0 Å². The van der Waals surface area contributed by atoms with Crippen molar-refractivity contribution in [2.24, 2.45) is 0 Å². The van der Waals surface area contributed by atoms with E-state index in [1.54, 1.807) is 43.3 Å². The zero-order valence-corrected chi connectivity index (χ0v) is 14.7. The number of halogens is 2. The highest BCUT2D eigenvalue weighted by Crippen LogP contribution is 2.23. The third-order valence-electron chi connectivity index (χ3n) is 3.30. The predicted molar refractivity (Wildman–Crippen MR) is 95.8 cm³/mol. The Balaban J connectivity index is 1.87. The van der Waals surface area contributed by atoms with Gasteiger partial charge in [-0.15, -0.1) is 0 Å². The van der Waals surface area contributed by atoms with Crippen molar-refractivity contribution in [3.8, 4) is 0 Å². The molecule has 0 heterocycles. The molecular weight excluding hydrogens is 349 g/mol. The fourth-order valence-corrected chi connectivity index (χ4v) is 2.40. The molecule has 0 radical (unpaired) electrons. The molecule has 0 unspecified atom stereocenters. The predicted octanol–water partition coefficient (Wildman–Crippen LogP) is 4.74. The summed E-state index contributed by atoms with van der Waals surface area (Å²) < 4.78 is 4.91. The third kappa shape index (κ3) is 5.25. The minimum absolute atomic E-state index is 0.120. The lowest BCUT2D eigenvalue weighted by atomic mass is 10.1. The van der Waals surface area contributed by atoms with Crippen LogP contribution in [0.15, 0.2) is 42.5 Å². The fourth-order valence-electron chi connectivity index (χ4n) is 2.08. The molecule has 24 heavy (non-hydrogen) atoms. The molecule has 1 N–H and O–H groups in total. The Kier molecular flexibility index (Phi) is 6.64. The summed E-state index contributed by atoms with van der Waals surface area (Å²) in [5.41, 5.74) is 2.02. The lowest BCUT2D eigenvalue weighted by Crippen LogP contribution is -2.12. The van der Waals surface area contributed by atoms with Gasteiger partial charge in [0.1, 0.15) is 0 Å². The monoisotopic (exact) mass is 365 g/mol. The minimum atomic E-state index is -0.380. The SMILES string of the molecule is CCOC(=O)c1ccc(NC(=O)CCc2ccc(Cl)c(Cl)c2)cc1. The van der Waals surface area contributed by atoms with Crippen LogP contribution in [0.25, 0.3) is 0 Å². The Morgan fingerprint density at radius 2 is 1.75 bits per heavy atom. The second-order valence-corrected chi connectivity index (χ2v) is 5.91. The highest BCUT2D eigenvalue weighted by Gasteiger charge is 2.08. The maximum atomic E-state index is 12.0. The Bertz CT molecular complexity index is 730. The molecule has 0 aliphatic carbocycles. The molecule has 2 rings (SSSR count). The van der Waals surface area contributed by atoms with E-state index < -0.39 is 0 Å². The summed E-state index contributed by atoms with van der Waals surface area (Å²) in [5.74, 6) is -0.500. The number of hydrogen-bond donors (Lipinski definition) is 1. The number of hydrogen-bond acceptors (Lipinski definition) is 3. The van der Waals surface area contributed by atoms with Crippen molar-refractivity contribution in [1.82, 2.24) is 0 Å². The maximum absolute atomic E-state index is 12.0. The molecule has 0 spiro atoms. The van der Waals surface area contributed by atoms with Crippen LogP contribution >= 0.6 is 23.2 Å². The Morgan fingerprint density at radius 3 is 2.38 bits per heavy atom. The molecule has 0 aliphatic heterocycles. The van der Waals surface area contributed by atoms with E-state index in [2.05, 4.69) is 5.32 Å². The molecule has 126 valence electrons. The van der Waals surface area contributed by atoms with Crippen LogP contribution in [-0.4, -0.2) is 18.5 Å². The average Bonchev–Trinajstić information content (AvgIpc) is 2.57.